The Balaban J connectivity index is 3.38. The van der Waals surface area contributed by atoms with Gasteiger partial charge in [0, 0.05) is 0 Å². The molecule has 0 aliphatic rings. The van der Waals surface area contributed by atoms with Gasteiger partial charge in [-0.15, -0.1) is 0 Å². The fourth-order valence-electron chi connectivity index (χ4n) is 0.867. The minimum atomic E-state index is -0.423. The van der Waals surface area contributed by atoms with Gasteiger partial charge in [-0.1, -0.05) is 0 Å². The van der Waals surface area contributed by atoms with Crippen LogP contribution in [0.1, 0.15) is 5.56 Å². The van der Waals surface area contributed by atoms with E-state index in [1.54, 1.807) is 12.1 Å². The molecule has 1 aromatic carbocycles. The van der Waals surface area contributed by atoms with Gasteiger partial charge in [-0.05, 0) is 56.5 Å². The molecular weight excluding hydrogens is 290 g/mol. The Kier molecular flexibility index (Phi) is 2.85. The molecule has 0 fully saturated rings. The van der Waals surface area contributed by atoms with Gasteiger partial charge < -0.3 is 0 Å². The quantitative estimate of drug-likeness (QED) is 0.588. The summed E-state index contributed by atoms with van der Waals surface area (Å²) in [4.78, 5) is 10.1. The second kappa shape index (κ2) is 3.53. The van der Waals surface area contributed by atoms with Crippen LogP contribution in [0.4, 0.5) is 5.69 Å². The normalized spacial score (nSPS) is 9.92. The molecule has 1 aromatic rings. The number of nitro benzene ring substituents is 1. The van der Waals surface area contributed by atoms with Gasteiger partial charge in [0.1, 0.15) is 0 Å². The number of nitro groups is 1. The summed E-state index contributed by atoms with van der Waals surface area (Å²) < 4.78 is 0.999. The van der Waals surface area contributed by atoms with Gasteiger partial charge in [0.15, 0.2) is 0 Å². The molecule has 5 heteroatoms. The minimum absolute atomic E-state index is 0.0700. The summed E-state index contributed by atoms with van der Waals surface area (Å²) >= 11 is 6.25. The zero-order valence-electron chi connectivity index (χ0n) is 6.17. The van der Waals surface area contributed by atoms with E-state index < -0.39 is 4.92 Å². The smallest absolute Gasteiger partial charge is 0.258 e. The highest BCUT2D eigenvalue weighted by molar-refractivity contribution is 9.11. The Labute approximate surface area is 86.2 Å². The first-order valence-corrected chi connectivity index (χ1v) is 4.71. The van der Waals surface area contributed by atoms with Crippen molar-refractivity contribution in [1.29, 1.82) is 0 Å². The Bertz CT molecular complexity index is 315. The number of benzene rings is 1. The van der Waals surface area contributed by atoms with Gasteiger partial charge in [0.25, 0.3) is 5.69 Å². The Morgan fingerprint density at radius 3 is 2.08 bits per heavy atom. The number of aryl methyl sites for hydroxylation is 1. The molecule has 12 heavy (non-hydrogen) atoms. The molecule has 0 saturated carbocycles. The lowest BCUT2D eigenvalue weighted by Gasteiger charge is -1.99. The largest absolute Gasteiger partial charge is 0.297 e. The fourth-order valence-corrected chi connectivity index (χ4v) is 2.57. The van der Waals surface area contributed by atoms with Crippen LogP contribution in [0.5, 0.6) is 0 Å². The topological polar surface area (TPSA) is 43.1 Å². The van der Waals surface area contributed by atoms with E-state index in [4.69, 9.17) is 0 Å². The van der Waals surface area contributed by atoms with E-state index in [0.717, 1.165) is 5.56 Å². The zero-order chi connectivity index (χ0) is 9.30. The average molecular weight is 295 g/mol. The molecule has 1 rings (SSSR count). The Morgan fingerprint density at radius 1 is 1.33 bits per heavy atom. The molecule has 0 N–H and O–H groups in total. The SMILES string of the molecule is Cc1cc(Br)c([N+](=O)[O-])c(Br)c1. The maximum Gasteiger partial charge on any atom is 0.297 e. The van der Waals surface area contributed by atoms with Gasteiger partial charge >= 0.3 is 0 Å². The van der Waals surface area contributed by atoms with E-state index in [2.05, 4.69) is 31.9 Å². The standard InChI is InChI=1S/C7H5Br2NO2/c1-4-2-5(8)7(10(11)12)6(9)3-4/h2-3H,1H3. The van der Waals surface area contributed by atoms with Crippen molar-refractivity contribution in [3.63, 3.8) is 0 Å². The second-order valence-electron chi connectivity index (χ2n) is 2.33. The molecule has 0 aliphatic carbocycles. The lowest BCUT2D eigenvalue weighted by molar-refractivity contribution is -0.386. The highest BCUT2D eigenvalue weighted by Crippen LogP contribution is 2.33. The van der Waals surface area contributed by atoms with Gasteiger partial charge in [-0.3, -0.25) is 10.1 Å². The first kappa shape index (κ1) is 9.67. The molecule has 0 unspecified atom stereocenters. The third-order valence-corrected chi connectivity index (χ3v) is 2.55. The van der Waals surface area contributed by atoms with Crippen molar-refractivity contribution in [2.24, 2.45) is 0 Å². The van der Waals surface area contributed by atoms with Gasteiger partial charge in [-0.25, -0.2) is 0 Å². The molecule has 0 aliphatic heterocycles. The molecule has 0 bridgehead atoms. The van der Waals surface area contributed by atoms with Crippen molar-refractivity contribution in [3.05, 3.63) is 36.8 Å². The van der Waals surface area contributed by atoms with Gasteiger partial charge in [0.05, 0.1) is 13.9 Å². The molecule has 64 valence electrons. The van der Waals surface area contributed by atoms with Crippen molar-refractivity contribution in [1.82, 2.24) is 0 Å². The molecule has 0 heterocycles. The molecule has 0 radical (unpaired) electrons. The van der Waals surface area contributed by atoms with E-state index >= 15 is 0 Å². The first-order chi connectivity index (χ1) is 5.52. The molecular formula is C7H5Br2NO2. The highest BCUT2D eigenvalue weighted by atomic mass is 79.9. The average Bonchev–Trinajstić information content (AvgIpc) is 1.82. The molecule has 0 aromatic heterocycles. The maximum absolute atomic E-state index is 10.5. The van der Waals surface area contributed by atoms with Crippen molar-refractivity contribution in [3.8, 4) is 0 Å². The zero-order valence-corrected chi connectivity index (χ0v) is 9.35. The van der Waals surface area contributed by atoms with E-state index in [0.29, 0.717) is 8.95 Å². The number of nitrogens with zero attached hydrogens (tertiary/aromatic N) is 1. The van der Waals surface area contributed by atoms with Gasteiger partial charge in [0.2, 0.25) is 0 Å². The predicted octanol–water partition coefficient (Wildman–Crippen LogP) is 3.43. The Hall–Kier alpha value is -0.420. The monoisotopic (exact) mass is 293 g/mol. The molecule has 0 saturated heterocycles. The van der Waals surface area contributed by atoms with Crippen LogP contribution in [-0.2, 0) is 0 Å². The van der Waals surface area contributed by atoms with Crippen LogP contribution in [0, 0.1) is 17.0 Å². The predicted molar refractivity (Wildman–Crippen MR) is 53.2 cm³/mol. The van der Waals surface area contributed by atoms with Crippen molar-refractivity contribution in [2.45, 2.75) is 6.92 Å². The fraction of sp³-hybridized carbons (Fsp3) is 0.143. The summed E-state index contributed by atoms with van der Waals surface area (Å²) in [5.74, 6) is 0. The maximum atomic E-state index is 10.5. The highest BCUT2D eigenvalue weighted by Gasteiger charge is 2.16. The first-order valence-electron chi connectivity index (χ1n) is 3.12. The van der Waals surface area contributed by atoms with Crippen LogP contribution in [0.3, 0.4) is 0 Å². The number of hydrogen-bond acceptors (Lipinski definition) is 2. The van der Waals surface area contributed by atoms with Crippen LogP contribution in [-0.4, -0.2) is 4.92 Å². The summed E-state index contributed by atoms with van der Waals surface area (Å²) in [6, 6.07) is 3.42. The third kappa shape index (κ3) is 1.84. The molecule has 0 atom stereocenters. The van der Waals surface area contributed by atoms with Crippen molar-refractivity contribution < 1.29 is 4.92 Å². The van der Waals surface area contributed by atoms with E-state index in [1.807, 2.05) is 6.92 Å². The van der Waals surface area contributed by atoms with E-state index in [9.17, 15) is 10.1 Å². The van der Waals surface area contributed by atoms with Crippen LogP contribution in [0.2, 0.25) is 0 Å². The minimum Gasteiger partial charge on any atom is -0.258 e. The number of rotatable bonds is 1. The van der Waals surface area contributed by atoms with Crippen LogP contribution in [0.15, 0.2) is 21.1 Å². The Morgan fingerprint density at radius 2 is 1.75 bits per heavy atom. The number of halogens is 2. The second-order valence-corrected chi connectivity index (χ2v) is 4.04. The summed E-state index contributed by atoms with van der Waals surface area (Å²) in [5, 5.41) is 10.5. The van der Waals surface area contributed by atoms with Crippen molar-refractivity contribution >= 4 is 37.5 Å². The van der Waals surface area contributed by atoms with Gasteiger partial charge in [-0.2, -0.15) is 0 Å². The van der Waals surface area contributed by atoms with E-state index in [1.165, 1.54) is 0 Å². The summed E-state index contributed by atoms with van der Waals surface area (Å²) in [6.07, 6.45) is 0. The van der Waals surface area contributed by atoms with Crippen molar-refractivity contribution in [2.75, 3.05) is 0 Å². The number of hydrogen-bond donors (Lipinski definition) is 0. The molecule has 3 nitrogen and oxygen atoms in total. The van der Waals surface area contributed by atoms with Crippen LogP contribution in [0.25, 0.3) is 0 Å². The summed E-state index contributed by atoms with van der Waals surface area (Å²) in [7, 11) is 0. The lowest BCUT2D eigenvalue weighted by atomic mass is 10.2. The van der Waals surface area contributed by atoms with Crippen LogP contribution < -0.4 is 0 Å². The summed E-state index contributed by atoms with van der Waals surface area (Å²) in [5.41, 5.74) is 1.04. The molecule has 0 amide bonds. The van der Waals surface area contributed by atoms with Crippen LogP contribution >= 0.6 is 31.9 Å². The van der Waals surface area contributed by atoms with E-state index in [-0.39, 0.29) is 5.69 Å². The molecule has 0 spiro atoms. The third-order valence-electron chi connectivity index (χ3n) is 1.34. The lowest BCUT2D eigenvalue weighted by Crippen LogP contribution is -1.91. The summed E-state index contributed by atoms with van der Waals surface area (Å²) in [6.45, 7) is 1.87.